The summed E-state index contributed by atoms with van der Waals surface area (Å²) in [5, 5.41) is 13.0. The molecule has 0 aromatic rings. The molecule has 13 heavy (non-hydrogen) atoms. The van der Waals surface area contributed by atoms with E-state index in [9.17, 15) is 5.11 Å². The van der Waals surface area contributed by atoms with Crippen LogP contribution in [0.15, 0.2) is 0 Å². The first-order valence-electron chi connectivity index (χ1n) is 5.51. The van der Waals surface area contributed by atoms with Crippen molar-refractivity contribution in [2.45, 2.75) is 52.2 Å². The van der Waals surface area contributed by atoms with Crippen LogP contribution in [0.4, 0.5) is 0 Å². The molecule has 0 bridgehead atoms. The summed E-state index contributed by atoms with van der Waals surface area (Å²) >= 11 is 0. The van der Waals surface area contributed by atoms with Gasteiger partial charge in [0.25, 0.3) is 0 Å². The average molecular weight is 185 g/mol. The molecule has 0 amide bonds. The summed E-state index contributed by atoms with van der Waals surface area (Å²) < 4.78 is 0. The van der Waals surface area contributed by atoms with Crippen molar-refractivity contribution in [3.05, 3.63) is 0 Å². The van der Waals surface area contributed by atoms with Crippen LogP contribution in [-0.4, -0.2) is 23.8 Å². The third kappa shape index (κ3) is 4.63. The Morgan fingerprint density at radius 2 is 1.92 bits per heavy atom. The molecule has 2 atom stereocenters. The van der Waals surface area contributed by atoms with E-state index in [0.29, 0.717) is 12.0 Å². The van der Waals surface area contributed by atoms with Crippen molar-refractivity contribution < 1.29 is 5.11 Å². The van der Waals surface area contributed by atoms with Gasteiger partial charge in [-0.1, -0.05) is 13.8 Å². The summed E-state index contributed by atoms with van der Waals surface area (Å²) in [5.74, 6) is 1.33. The molecule has 0 radical (unpaired) electrons. The highest BCUT2D eigenvalue weighted by atomic mass is 16.3. The molecule has 0 aliphatic heterocycles. The van der Waals surface area contributed by atoms with Gasteiger partial charge in [0.1, 0.15) is 0 Å². The Bertz CT molecular complexity index is 143. The first kappa shape index (κ1) is 11.0. The summed E-state index contributed by atoms with van der Waals surface area (Å²) in [6.45, 7) is 7.43. The number of aliphatic hydroxyl groups excluding tert-OH is 1. The van der Waals surface area contributed by atoms with Crippen LogP contribution in [0.1, 0.15) is 40.0 Å². The van der Waals surface area contributed by atoms with Crippen molar-refractivity contribution in [2.24, 2.45) is 11.8 Å². The van der Waals surface area contributed by atoms with E-state index in [-0.39, 0.29) is 6.10 Å². The van der Waals surface area contributed by atoms with Crippen molar-refractivity contribution in [3.8, 4) is 0 Å². The van der Waals surface area contributed by atoms with Crippen molar-refractivity contribution in [2.75, 3.05) is 6.54 Å². The molecule has 1 rings (SSSR count). The Kier molecular flexibility index (Phi) is 4.20. The lowest BCUT2D eigenvalue weighted by Crippen LogP contribution is -2.35. The molecule has 1 fully saturated rings. The van der Waals surface area contributed by atoms with E-state index < -0.39 is 0 Å². The summed E-state index contributed by atoms with van der Waals surface area (Å²) in [6.07, 6.45) is 3.54. The second-order valence-corrected chi connectivity index (χ2v) is 4.84. The Hall–Kier alpha value is -0.0800. The second-order valence-electron chi connectivity index (χ2n) is 4.84. The average Bonchev–Trinajstić information content (AvgIpc) is 2.80. The van der Waals surface area contributed by atoms with Gasteiger partial charge in [0.05, 0.1) is 6.10 Å². The smallest absolute Gasteiger partial charge is 0.0692 e. The molecule has 0 spiro atoms. The van der Waals surface area contributed by atoms with Gasteiger partial charge in [0, 0.05) is 12.6 Å². The van der Waals surface area contributed by atoms with Crippen LogP contribution in [-0.2, 0) is 0 Å². The van der Waals surface area contributed by atoms with Crippen LogP contribution in [0.25, 0.3) is 0 Å². The predicted octanol–water partition coefficient (Wildman–Crippen LogP) is 1.78. The highest BCUT2D eigenvalue weighted by Gasteiger charge is 2.29. The highest BCUT2D eigenvalue weighted by Crippen LogP contribution is 2.32. The van der Waals surface area contributed by atoms with Crippen LogP contribution < -0.4 is 5.32 Å². The largest absolute Gasteiger partial charge is 0.392 e. The second kappa shape index (κ2) is 4.97. The zero-order valence-corrected chi connectivity index (χ0v) is 9.09. The van der Waals surface area contributed by atoms with Gasteiger partial charge in [-0.05, 0) is 38.0 Å². The maximum absolute atomic E-state index is 9.61. The first-order chi connectivity index (χ1) is 6.09. The molecular formula is C11H23NO. The quantitative estimate of drug-likeness (QED) is 0.661. The van der Waals surface area contributed by atoms with E-state index in [2.05, 4.69) is 26.1 Å². The fraction of sp³-hybridized carbons (Fsp3) is 1.00. The van der Waals surface area contributed by atoms with Gasteiger partial charge in [-0.3, -0.25) is 0 Å². The molecule has 0 saturated heterocycles. The Morgan fingerprint density at radius 3 is 2.38 bits per heavy atom. The maximum Gasteiger partial charge on any atom is 0.0692 e. The van der Waals surface area contributed by atoms with Gasteiger partial charge in [-0.25, -0.2) is 0 Å². The van der Waals surface area contributed by atoms with E-state index in [0.717, 1.165) is 12.5 Å². The highest BCUT2D eigenvalue weighted by molar-refractivity contribution is 4.82. The number of nitrogens with one attached hydrogen (secondary N) is 1. The SMILES string of the molecule is CC(C)CC(C)NCC(O)C1CC1. The van der Waals surface area contributed by atoms with E-state index >= 15 is 0 Å². The van der Waals surface area contributed by atoms with Gasteiger partial charge in [-0.15, -0.1) is 0 Å². The van der Waals surface area contributed by atoms with Crippen LogP contribution in [0.3, 0.4) is 0 Å². The molecular weight excluding hydrogens is 162 g/mol. The molecule has 2 unspecified atom stereocenters. The predicted molar refractivity (Wildman–Crippen MR) is 55.7 cm³/mol. The zero-order valence-electron chi connectivity index (χ0n) is 9.09. The minimum Gasteiger partial charge on any atom is -0.392 e. The summed E-state index contributed by atoms with van der Waals surface area (Å²) in [6, 6.07) is 0.536. The van der Waals surface area contributed by atoms with Crippen molar-refractivity contribution >= 4 is 0 Å². The minimum atomic E-state index is -0.102. The summed E-state index contributed by atoms with van der Waals surface area (Å²) in [4.78, 5) is 0. The molecule has 78 valence electrons. The van der Waals surface area contributed by atoms with Crippen LogP contribution in [0.5, 0.6) is 0 Å². The molecule has 2 N–H and O–H groups in total. The van der Waals surface area contributed by atoms with Gasteiger partial charge in [-0.2, -0.15) is 0 Å². The number of hydrogen-bond acceptors (Lipinski definition) is 2. The van der Waals surface area contributed by atoms with E-state index in [1.54, 1.807) is 0 Å². The molecule has 0 aromatic heterocycles. The standard InChI is InChI=1S/C11H23NO/c1-8(2)6-9(3)12-7-11(13)10-4-5-10/h8-13H,4-7H2,1-3H3. The van der Waals surface area contributed by atoms with Gasteiger partial charge < -0.3 is 10.4 Å². The Morgan fingerprint density at radius 1 is 1.31 bits per heavy atom. The monoisotopic (exact) mass is 185 g/mol. The van der Waals surface area contributed by atoms with E-state index in [1.807, 2.05) is 0 Å². The molecule has 2 heteroatoms. The topological polar surface area (TPSA) is 32.3 Å². The van der Waals surface area contributed by atoms with Crippen molar-refractivity contribution in [3.63, 3.8) is 0 Å². The fourth-order valence-corrected chi connectivity index (χ4v) is 1.76. The Balaban J connectivity index is 2.03. The number of hydrogen-bond donors (Lipinski definition) is 2. The molecule has 0 aromatic carbocycles. The minimum absolute atomic E-state index is 0.102. The molecule has 1 saturated carbocycles. The van der Waals surface area contributed by atoms with Crippen molar-refractivity contribution in [1.82, 2.24) is 5.32 Å². The molecule has 1 aliphatic rings. The van der Waals surface area contributed by atoms with Crippen LogP contribution in [0.2, 0.25) is 0 Å². The molecule has 0 heterocycles. The maximum atomic E-state index is 9.61. The Labute approximate surface area is 81.7 Å². The first-order valence-corrected chi connectivity index (χ1v) is 5.51. The number of aliphatic hydroxyl groups is 1. The third-order valence-electron chi connectivity index (χ3n) is 2.67. The van der Waals surface area contributed by atoms with Gasteiger partial charge in [0.2, 0.25) is 0 Å². The lowest BCUT2D eigenvalue weighted by molar-refractivity contribution is 0.144. The van der Waals surface area contributed by atoms with Crippen LogP contribution >= 0.6 is 0 Å². The zero-order chi connectivity index (χ0) is 9.84. The number of rotatable bonds is 6. The fourth-order valence-electron chi connectivity index (χ4n) is 1.76. The van der Waals surface area contributed by atoms with Crippen molar-refractivity contribution in [1.29, 1.82) is 0 Å². The van der Waals surface area contributed by atoms with Gasteiger partial charge in [0.15, 0.2) is 0 Å². The lowest BCUT2D eigenvalue weighted by Gasteiger charge is -2.18. The molecule has 2 nitrogen and oxygen atoms in total. The van der Waals surface area contributed by atoms with E-state index in [4.69, 9.17) is 0 Å². The summed E-state index contributed by atoms with van der Waals surface area (Å²) in [7, 11) is 0. The molecule has 1 aliphatic carbocycles. The summed E-state index contributed by atoms with van der Waals surface area (Å²) in [5.41, 5.74) is 0. The van der Waals surface area contributed by atoms with Crippen LogP contribution in [0, 0.1) is 11.8 Å². The van der Waals surface area contributed by atoms with E-state index in [1.165, 1.54) is 19.3 Å². The van der Waals surface area contributed by atoms with Gasteiger partial charge >= 0.3 is 0 Å². The normalized spacial score (nSPS) is 21.9. The lowest BCUT2D eigenvalue weighted by atomic mass is 10.1. The third-order valence-corrected chi connectivity index (χ3v) is 2.67.